The molecule has 11 heteroatoms. The maximum absolute atomic E-state index is 14.6. The van der Waals surface area contributed by atoms with E-state index in [2.05, 4.69) is 17.2 Å². The molecule has 4 N–H and O–H groups in total. The maximum atomic E-state index is 14.6. The fourth-order valence-corrected chi connectivity index (χ4v) is 4.29. The highest BCUT2D eigenvalue weighted by Crippen LogP contribution is 2.52. The van der Waals surface area contributed by atoms with Crippen molar-refractivity contribution in [1.82, 2.24) is 10.6 Å². The zero-order chi connectivity index (χ0) is 25.4. The lowest BCUT2D eigenvalue weighted by Gasteiger charge is -2.52. The molecule has 2 heterocycles. The first kappa shape index (κ1) is 25.1. The molecule has 1 saturated heterocycles. The predicted molar refractivity (Wildman–Crippen MR) is 128 cm³/mol. The van der Waals surface area contributed by atoms with E-state index in [1.807, 2.05) is 0 Å². The van der Waals surface area contributed by atoms with Crippen LogP contribution in [-0.2, 0) is 5.72 Å². The molecule has 3 atom stereocenters. The van der Waals surface area contributed by atoms with Gasteiger partial charge in [-0.25, -0.2) is 0 Å². The number of hydrogen-bond acceptors (Lipinski definition) is 5. The Morgan fingerprint density at radius 3 is 2.34 bits per heavy atom. The molecular weight excluding hydrogens is 505 g/mol. The van der Waals surface area contributed by atoms with E-state index in [0.717, 1.165) is 0 Å². The van der Waals surface area contributed by atoms with Crippen molar-refractivity contribution < 1.29 is 32.5 Å². The van der Waals surface area contributed by atoms with Crippen molar-refractivity contribution in [3.8, 4) is 17.1 Å². The Labute approximate surface area is 209 Å². The molecule has 6 nitrogen and oxygen atoms in total. The van der Waals surface area contributed by atoms with Gasteiger partial charge in [-0.3, -0.25) is 0 Å². The highest BCUT2D eigenvalue weighted by molar-refractivity contribution is 7.80. The molecule has 0 saturated carbocycles. The molecule has 0 unspecified atom stereocenters. The molecule has 0 aliphatic carbocycles. The van der Waals surface area contributed by atoms with E-state index in [1.54, 1.807) is 24.3 Å². The van der Waals surface area contributed by atoms with Crippen LogP contribution < -0.4 is 15.4 Å². The largest absolute Gasteiger partial charge is 0.490 e. The molecule has 35 heavy (non-hydrogen) atoms. The number of rotatable bonds is 6. The summed E-state index contributed by atoms with van der Waals surface area (Å²) in [6, 6.07) is 12.3. The average molecular weight is 525 g/mol. The van der Waals surface area contributed by atoms with Crippen molar-refractivity contribution in [3.63, 3.8) is 0 Å². The zero-order valence-electron chi connectivity index (χ0n) is 18.0. The topological polar surface area (TPSA) is 86.9 Å². The van der Waals surface area contributed by atoms with E-state index in [4.69, 9.17) is 33.0 Å². The number of furan rings is 1. The number of hydrogen-bond donors (Lipinski definition) is 4. The Morgan fingerprint density at radius 1 is 1.09 bits per heavy atom. The van der Waals surface area contributed by atoms with E-state index in [1.165, 1.54) is 42.5 Å². The summed E-state index contributed by atoms with van der Waals surface area (Å²) < 4.78 is 54.7. The smallest absolute Gasteiger partial charge is 0.424 e. The fourth-order valence-electron chi connectivity index (χ4n) is 3.90. The third kappa shape index (κ3) is 4.38. The van der Waals surface area contributed by atoms with Gasteiger partial charge in [0.1, 0.15) is 29.9 Å². The minimum atomic E-state index is -5.34. The Morgan fingerprint density at radius 2 is 1.74 bits per heavy atom. The van der Waals surface area contributed by atoms with Crippen molar-refractivity contribution in [3.05, 3.63) is 89.7 Å². The van der Waals surface area contributed by atoms with Gasteiger partial charge < -0.3 is 30.0 Å². The summed E-state index contributed by atoms with van der Waals surface area (Å²) in [4.78, 5) is 0. The van der Waals surface area contributed by atoms with Gasteiger partial charge in [0.15, 0.2) is 5.11 Å². The van der Waals surface area contributed by atoms with Gasteiger partial charge in [0.05, 0.1) is 0 Å². The second-order valence-corrected chi connectivity index (χ2v) is 8.68. The highest BCUT2D eigenvalue weighted by Gasteiger charge is 2.74. The van der Waals surface area contributed by atoms with Crippen LogP contribution in [0.3, 0.4) is 0 Å². The first-order chi connectivity index (χ1) is 16.5. The van der Waals surface area contributed by atoms with Crippen LogP contribution in [0.5, 0.6) is 5.75 Å². The number of alkyl halides is 3. The minimum absolute atomic E-state index is 0.179. The highest BCUT2D eigenvalue weighted by atomic mass is 35.5. The molecule has 184 valence electrons. The summed E-state index contributed by atoms with van der Waals surface area (Å²) >= 11 is 11.0. The lowest BCUT2D eigenvalue weighted by Crippen LogP contribution is -2.77. The van der Waals surface area contributed by atoms with Gasteiger partial charge >= 0.3 is 6.18 Å². The molecule has 0 amide bonds. The number of benzene rings is 2. The van der Waals surface area contributed by atoms with Crippen LogP contribution in [0.2, 0.25) is 5.02 Å². The second kappa shape index (κ2) is 9.19. The average Bonchev–Trinajstić information content (AvgIpc) is 3.30. The van der Waals surface area contributed by atoms with Crippen molar-refractivity contribution in [1.29, 1.82) is 0 Å². The Balaban J connectivity index is 1.79. The third-order valence-corrected chi connectivity index (χ3v) is 6.12. The number of aliphatic hydroxyl groups is 2. The summed E-state index contributed by atoms with van der Waals surface area (Å²) in [6.07, 6.45) is -3.84. The van der Waals surface area contributed by atoms with Crippen molar-refractivity contribution in [2.24, 2.45) is 0 Å². The SMILES string of the molecule is C=CCOc1ccc([C@]2(O)NC(=S)N[C@@H](c3ccc(-c4ccc(Cl)cc4)o3)[C@@]2(O)C(F)(F)F)cc1. The summed E-state index contributed by atoms with van der Waals surface area (Å²) in [5.41, 5.74) is -6.61. The molecule has 4 rings (SSSR count). The summed E-state index contributed by atoms with van der Waals surface area (Å²) in [5, 5.41) is 27.4. The van der Waals surface area contributed by atoms with Crippen molar-refractivity contribution >= 4 is 28.9 Å². The zero-order valence-corrected chi connectivity index (χ0v) is 19.5. The molecule has 0 radical (unpaired) electrons. The lowest BCUT2D eigenvalue weighted by molar-refractivity contribution is -0.343. The van der Waals surface area contributed by atoms with Crippen LogP contribution in [0.4, 0.5) is 13.2 Å². The van der Waals surface area contributed by atoms with Gasteiger partial charge in [0.2, 0.25) is 11.3 Å². The van der Waals surface area contributed by atoms with Crippen LogP contribution in [0.15, 0.2) is 77.7 Å². The maximum Gasteiger partial charge on any atom is 0.424 e. The molecule has 3 aromatic rings. The van der Waals surface area contributed by atoms with Gasteiger partial charge in [-0.05, 0) is 60.7 Å². The molecular formula is C24H20ClF3N2O4S. The standard InChI is InChI=1S/C24H20ClF3N2O4S/c1-2-13-33-17-9-5-15(6-10-17)23(32)22(31,24(26,27)28)20(29-21(35)30-23)19-12-11-18(34-19)14-3-7-16(25)8-4-14/h2-12,20,31-32H,1,13H2,(H2,29,30,35)/t20-,22-,23+/m0/s1. The molecule has 1 aromatic heterocycles. The van der Waals surface area contributed by atoms with Gasteiger partial charge in [0.25, 0.3) is 0 Å². The van der Waals surface area contributed by atoms with Crippen LogP contribution in [0.1, 0.15) is 17.4 Å². The van der Waals surface area contributed by atoms with Crippen molar-refractivity contribution in [2.45, 2.75) is 23.5 Å². The summed E-state index contributed by atoms with van der Waals surface area (Å²) in [6.45, 7) is 3.70. The molecule has 1 aliphatic rings. The molecule has 2 aromatic carbocycles. The monoisotopic (exact) mass is 524 g/mol. The van der Waals surface area contributed by atoms with Crippen LogP contribution >= 0.6 is 23.8 Å². The van der Waals surface area contributed by atoms with Crippen LogP contribution in [-0.4, -0.2) is 33.7 Å². The first-order valence-corrected chi connectivity index (χ1v) is 11.1. The van der Waals surface area contributed by atoms with Crippen LogP contribution in [0, 0.1) is 0 Å². The number of halogens is 4. The Hall–Kier alpha value is -3.05. The van der Waals surface area contributed by atoms with E-state index < -0.39 is 23.5 Å². The number of nitrogens with one attached hydrogen (secondary N) is 2. The summed E-state index contributed by atoms with van der Waals surface area (Å²) in [7, 11) is 0. The second-order valence-electron chi connectivity index (χ2n) is 7.84. The number of thiocarbonyl (C=S) groups is 1. The predicted octanol–water partition coefficient (Wildman–Crippen LogP) is 4.82. The summed E-state index contributed by atoms with van der Waals surface area (Å²) in [5.74, 6) is 0.280. The normalized spacial score (nSPS) is 24.4. The van der Waals surface area contributed by atoms with Gasteiger partial charge in [-0.15, -0.1) is 0 Å². The van der Waals surface area contributed by atoms with Gasteiger partial charge in [-0.1, -0.05) is 36.4 Å². The van der Waals surface area contributed by atoms with E-state index in [-0.39, 0.29) is 28.8 Å². The van der Waals surface area contributed by atoms with Gasteiger partial charge in [-0.2, -0.15) is 13.2 Å². The lowest BCUT2D eigenvalue weighted by atomic mass is 9.75. The van der Waals surface area contributed by atoms with E-state index in [0.29, 0.717) is 16.3 Å². The molecule has 1 aliphatic heterocycles. The molecule has 0 bridgehead atoms. The molecule has 1 fully saturated rings. The number of ether oxygens (including phenoxy) is 1. The van der Waals surface area contributed by atoms with Gasteiger partial charge in [0, 0.05) is 16.1 Å². The van der Waals surface area contributed by atoms with Crippen LogP contribution in [0.25, 0.3) is 11.3 Å². The van der Waals surface area contributed by atoms with Crippen molar-refractivity contribution in [2.75, 3.05) is 6.61 Å². The third-order valence-electron chi connectivity index (χ3n) is 5.65. The molecule has 0 spiro atoms. The first-order valence-electron chi connectivity index (χ1n) is 10.3. The minimum Gasteiger partial charge on any atom is -0.490 e. The quantitative estimate of drug-likeness (QED) is 0.272. The Bertz CT molecular complexity index is 1230. The Kier molecular flexibility index (Phi) is 6.58. The van der Waals surface area contributed by atoms with E-state index in [9.17, 15) is 23.4 Å². The van der Waals surface area contributed by atoms with E-state index >= 15 is 0 Å². The fraction of sp³-hybridized carbons (Fsp3) is 0.208.